The molecule has 170 valence electrons. The lowest BCUT2D eigenvalue weighted by molar-refractivity contribution is -0.0245. The van der Waals surface area contributed by atoms with Crippen LogP contribution in [-0.4, -0.2) is 50.5 Å². The number of ether oxygens (including phenoxy) is 2. The van der Waals surface area contributed by atoms with Gasteiger partial charge in [0.05, 0.1) is 35.4 Å². The number of aromatic nitrogens is 5. The summed E-state index contributed by atoms with van der Waals surface area (Å²) in [6.45, 7) is 3.14. The Labute approximate surface area is 190 Å². The molecule has 3 N–H and O–H groups in total. The number of aryl methyl sites for hydroxylation is 2. The molecule has 1 aliphatic rings. The van der Waals surface area contributed by atoms with Crippen LogP contribution in [0.5, 0.6) is 0 Å². The van der Waals surface area contributed by atoms with Gasteiger partial charge in [0, 0.05) is 50.6 Å². The molecule has 4 aromatic rings. The first kappa shape index (κ1) is 21.1. The van der Waals surface area contributed by atoms with Crippen LogP contribution in [0.1, 0.15) is 17.7 Å². The van der Waals surface area contributed by atoms with E-state index >= 15 is 0 Å². The van der Waals surface area contributed by atoms with Gasteiger partial charge in [0.25, 0.3) is 0 Å². The van der Waals surface area contributed by atoms with Crippen molar-refractivity contribution >= 4 is 17.4 Å². The van der Waals surface area contributed by atoms with Crippen LogP contribution < -0.4 is 11.1 Å². The van der Waals surface area contributed by atoms with Crippen LogP contribution in [-0.2, 0) is 22.1 Å². The minimum atomic E-state index is -0.674. The SMILES string of the molecule is CO[C@]1(c2cc(C)cc(-c3cc(-c4cnn(C)c4)n4cnc(NC(N)=O)cc34)n2)CCOC1. The molecule has 1 aliphatic heterocycles. The lowest BCUT2D eigenvalue weighted by atomic mass is 9.95. The maximum atomic E-state index is 11.4. The largest absolute Gasteiger partial charge is 0.378 e. The fourth-order valence-corrected chi connectivity index (χ4v) is 4.33. The van der Waals surface area contributed by atoms with Gasteiger partial charge >= 0.3 is 6.03 Å². The molecule has 10 heteroatoms. The number of carbonyl (C=O) groups excluding carboxylic acids is 1. The number of pyridine rings is 1. The van der Waals surface area contributed by atoms with Crippen LogP contribution in [0.2, 0.25) is 0 Å². The zero-order valence-electron chi connectivity index (χ0n) is 18.7. The molecule has 5 rings (SSSR count). The highest BCUT2D eigenvalue weighted by atomic mass is 16.5. The van der Waals surface area contributed by atoms with Crippen LogP contribution in [0, 0.1) is 6.92 Å². The maximum Gasteiger partial charge on any atom is 0.317 e. The van der Waals surface area contributed by atoms with Gasteiger partial charge in [-0.15, -0.1) is 0 Å². The molecule has 0 saturated carbocycles. The third-order valence-electron chi connectivity index (χ3n) is 6.00. The molecule has 10 nitrogen and oxygen atoms in total. The van der Waals surface area contributed by atoms with Crippen LogP contribution >= 0.6 is 0 Å². The van der Waals surface area contributed by atoms with Gasteiger partial charge in [-0.3, -0.25) is 14.4 Å². The van der Waals surface area contributed by atoms with Gasteiger partial charge in [0.1, 0.15) is 17.7 Å². The fraction of sp³-hybridized carbons (Fsp3) is 0.304. The van der Waals surface area contributed by atoms with E-state index in [2.05, 4.69) is 21.5 Å². The number of hydrogen-bond donors (Lipinski definition) is 2. The van der Waals surface area contributed by atoms with Gasteiger partial charge in [-0.2, -0.15) is 5.10 Å². The van der Waals surface area contributed by atoms with Gasteiger partial charge in [-0.25, -0.2) is 14.8 Å². The van der Waals surface area contributed by atoms with E-state index in [9.17, 15) is 4.79 Å². The van der Waals surface area contributed by atoms with E-state index in [0.717, 1.165) is 45.7 Å². The molecule has 5 heterocycles. The van der Waals surface area contributed by atoms with Crippen LogP contribution in [0.25, 0.3) is 28.0 Å². The van der Waals surface area contributed by atoms with Gasteiger partial charge in [0.2, 0.25) is 0 Å². The third kappa shape index (κ3) is 3.73. The predicted molar refractivity (Wildman–Crippen MR) is 123 cm³/mol. The summed E-state index contributed by atoms with van der Waals surface area (Å²) in [4.78, 5) is 20.8. The summed E-state index contributed by atoms with van der Waals surface area (Å²) >= 11 is 0. The summed E-state index contributed by atoms with van der Waals surface area (Å²) in [5, 5.41) is 6.86. The van der Waals surface area contributed by atoms with Crippen molar-refractivity contribution in [1.82, 2.24) is 24.1 Å². The zero-order valence-corrected chi connectivity index (χ0v) is 18.7. The number of nitrogens with one attached hydrogen (secondary N) is 1. The maximum absolute atomic E-state index is 11.4. The van der Waals surface area contributed by atoms with E-state index in [1.165, 1.54) is 0 Å². The number of anilines is 1. The summed E-state index contributed by atoms with van der Waals surface area (Å²) in [5.41, 5.74) is 11.0. The van der Waals surface area contributed by atoms with Crippen molar-refractivity contribution in [2.75, 3.05) is 25.6 Å². The number of rotatable bonds is 5. The quantitative estimate of drug-likeness (QED) is 0.485. The molecular formula is C23H25N7O3. The highest BCUT2D eigenvalue weighted by Crippen LogP contribution is 2.37. The Balaban J connectivity index is 1.72. The molecule has 4 aromatic heterocycles. The van der Waals surface area contributed by atoms with E-state index in [4.69, 9.17) is 20.2 Å². The van der Waals surface area contributed by atoms with Crippen molar-refractivity contribution < 1.29 is 14.3 Å². The Bertz CT molecular complexity index is 1350. The smallest absolute Gasteiger partial charge is 0.317 e. The number of hydrogen-bond acceptors (Lipinski definition) is 6. The number of urea groups is 1. The van der Waals surface area contributed by atoms with Crippen molar-refractivity contribution in [3.8, 4) is 22.5 Å². The Kier molecular flexibility index (Phi) is 5.10. The first-order chi connectivity index (χ1) is 15.9. The summed E-state index contributed by atoms with van der Waals surface area (Å²) in [6.07, 6.45) is 6.13. The lowest BCUT2D eigenvalue weighted by Crippen LogP contribution is -2.30. The molecule has 0 aliphatic carbocycles. The van der Waals surface area contributed by atoms with E-state index < -0.39 is 11.6 Å². The van der Waals surface area contributed by atoms with Crippen molar-refractivity contribution in [2.45, 2.75) is 18.9 Å². The minimum absolute atomic E-state index is 0.359. The Morgan fingerprint density at radius 3 is 2.82 bits per heavy atom. The van der Waals surface area contributed by atoms with E-state index in [1.54, 1.807) is 30.4 Å². The predicted octanol–water partition coefficient (Wildman–Crippen LogP) is 2.86. The van der Waals surface area contributed by atoms with E-state index in [1.807, 2.05) is 36.7 Å². The number of amides is 2. The molecule has 0 spiro atoms. The summed E-state index contributed by atoms with van der Waals surface area (Å²) < 4.78 is 15.2. The molecule has 0 aromatic carbocycles. The molecule has 1 atom stereocenters. The summed E-state index contributed by atoms with van der Waals surface area (Å²) in [6, 6.07) is 7.25. The van der Waals surface area contributed by atoms with Gasteiger partial charge < -0.3 is 15.2 Å². The fourth-order valence-electron chi connectivity index (χ4n) is 4.33. The lowest BCUT2D eigenvalue weighted by Gasteiger charge is -2.26. The Morgan fingerprint density at radius 1 is 1.30 bits per heavy atom. The molecule has 0 radical (unpaired) electrons. The van der Waals surface area contributed by atoms with Crippen LogP contribution in [0.4, 0.5) is 10.6 Å². The van der Waals surface area contributed by atoms with E-state index in [0.29, 0.717) is 19.0 Å². The number of nitrogens with zero attached hydrogens (tertiary/aromatic N) is 5. The minimum Gasteiger partial charge on any atom is -0.378 e. The molecule has 1 fully saturated rings. The summed E-state index contributed by atoms with van der Waals surface area (Å²) in [5.74, 6) is 0.359. The highest BCUT2D eigenvalue weighted by Gasteiger charge is 2.38. The second-order valence-corrected chi connectivity index (χ2v) is 8.28. The summed E-state index contributed by atoms with van der Waals surface area (Å²) in [7, 11) is 3.57. The van der Waals surface area contributed by atoms with Gasteiger partial charge in [-0.1, -0.05) is 0 Å². The third-order valence-corrected chi connectivity index (χ3v) is 6.00. The van der Waals surface area contributed by atoms with Crippen LogP contribution in [0.3, 0.4) is 0 Å². The second kappa shape index (κ2) is 7.98. The first-order valence-electron chi connectivity index (χ1n) is 10.6. The van der Waals surface area contributed by atoms with Gasteiger partial charge in [-0.05, 0) is 30.7 Å². The standard InChI is InChI=1S/C23H25N7O3/c1-14-6-17(27-20(7-14)23(32-3)4-5-33-12-23)16-8-18(15-10-26-29(2)11-15)30-13-25-21(9-19(16)30)28-22(24)31/h6-11,13H,4-5,12H2,1-3H3,(H3,24,28,31)/t23-/m1/s1. The van der Waals surface area contributed by atoms with Gasteiger partial charge in [0.15, 0.2) is 0 Å². The first-order valence-corrected chi connectivity index (χ1v) is 10.6. The number of nitrogens with two attached hydrogens (primary N) is 1. The van der Waals surface area contributed by atoms with Crippen molar-refractivity contribution in [3.63, 3.8) is 0 Å². The molecular weight excluding hydrogens is 422 g/mol. The van der Waals surface area contributed by atoms with Crippen molar-refractivity contribution in [2.24, 2.45) is 12.8 Å². The topological polar surface area (TPSA) is 122 Å². The molecule has 0 unspecified atom stereocenters. The molecule has 2 amide bonds. The number of fused-ring (bicyclic) bond motifs is 1. The molecule has 0 bridgehead atoms. The second-order valence-electron chi connectivity index (χ2n) is 8.28. The monoisotopic (exact) mass is 447 g/mol. The zero-order chi connectivity index (χ0) is 23.2. The Morgan fingerprint density at radius 2 is 2.15 bits per heavy atom. The number of primary amides is 1. The van der Waals surface area contributed by atoms with Crippen molar-refractivity contribution in [1.29, 1.82) is 0 Å². The average Bonchev–Trinajstić information content (AvgIpc) is 3.51. The number of methoxy groups -OCH3 is 1. The molecule has 1 saturated heterocycles. The van der Waals surface area contributed by atoms with E-state index in [-0.39, 0.29) is 0 Å². The average molecular weight is 447 g/mol. The van der Waals surface area contributed by atoms with Crippen LogP contribution in [0.15, 0.2) is 43.0 Å². The normalized spacial score (nSPS) is 18.2. The molecule has 33 heavy (non-hydrogen) atoms. The highest BCUT2D eigenvalue weighted by molar-refractivity contribution is 5.90. The van der Waals surface area contributed by atoms with Crippen molar-refractivity contribution in [3.05, 3.63) is 54.2 Å². The number of carbonyl (C=O) groups is 1. The Hall–Kier alpha value is -3.76.